The van der Waals surface area contributed by atoms with E-state index in [1.807, 2.05) is 20.8 Å². The minimum atomic E-state index is -0.472. The van der Waals surface area contributed by atoms with Crippen LogP contribution in [0.2, 0.25) is 0 Å². The van der Waals surface area contributed by atoms with Crippen molar-refractivity contribution in [3.8, 4) is 0 Å². The number of hydrogen-bond acceptors (Lipinski definition) is 3. The Bertz CT molecular complexity index is 226. The summed E-state index contributed by atoms with van der Waals surface area (Å²) in [6.07, 6.45) is 0.261. The number of hydrogen-bond donors (Lipinski definition) is 2. The molecule has 0 unspecified atom stereocenters. The summed E-state index contributed by atoms with van der Waals surface area (Å²) >= 11 is 1.66. The van der Waals surface area contributed by atoms with Crippen LogP contribution in [0.3, 0.4) is 0 Å². The largest absolute Gasteiger partial charge is 0.444 e. The van der Waals surface area contributed by atoms with E-state index in [1.54, 1.807) is 22.6 Å². The first-order valence-corrected chi connectivity index (χ1v) is 5.79. The zero-order chi connectivity index (χ0) is 11.9. The van der Waals surface area contributed by atoms with Gasteiger partial charge in [-0.05, 0) is 27.2 Å². The fourth-order valence-electron chi connectivity index (χ4n) is 0.780. The van der Waals surface area contributed by atoms with Crippen LogP contribution in [0.5, 0.6) is 0 Å². The molecule has 0 saturated carbocycles. The zero-order valence-corrected chi connectivity index (χ0v) is 11.4. The van der Waals surface area contributed by atoms with Gasteiger partial charge in [-0.2, -0.15) is 0 Å². The molecule has 2 amide bonds. The van der Waals surface area contributed by atoms with Crippen molar-refractivity contribution in [2.45, 2.75) is 32.8 Å². The highest BCUT2D eigenvalue weighted by molar-refractivity contribution is 14.1. The Morgan fingerprint density at radius 3 is 2.20 bits per heavy atom. The summed E-state index contributed by atoms with van der Waals surface area (Å²) in [7, 11) is 0. The van der Waals surface area contributed by atoms with Crippen LogP contribution in [0, 0.1) is 0 Å². The molecule has 6 heteroatoms. The van der Waals surface area contributed by atoms with Crippen molar-refractivity contribution in [3.05, 3.63) is 0 Å². The molecule has 0 aliphatic carbocycles. The molecule has 0 aliphatic heterocycles. The van der Waals surface area contributed by atoms with E-state index in [1.165, 1.54) is 0 Å². The quantitative estimate of drug-likeness (QED) is 0.359. The molecule has 0 atom stereocenters. The Morgan fingerprint density at radius 2 is 1.73 bits per heavy atom. The summed E-state index contributed by atoms with van der Waals surface area (Å²) in [6.45, 7) is 6.47. The molecule has 88 valence electrons. The number of alkyl carbamates (subject to hydrolysis) is 1. The van der Waals surface area contributed by atoms with Gasteiger partial charge in [-0.3, -0.25) is 4.79 Å². The van der Waals surface area contributed by atoms with Crippen LogP contribution < -0.4 is 10.6 Å². The van der Waals surface area contributed by atoms with E-state index in [2.05, 4.69) is 10.6 Å². The number of amides is 2. The van der Waals surface area contributed by atoms with E-state index >= 15 is 0 Å². The second kappa shape index (κ2) is 6.86. The van der Waals surface area contributed by atoms with E-state index < -0.39 is 11.7 Å². The number of nitrogens with one attached hydrogen (secondary N) is 2. The number of halogens is 1. The second-order valence-electron chi connectivity index (χ2n) is 3.98. The summed E-state index contributed by atoms with van der Waals surface area (Å²) < 4.78 is 4.93. The fourth-order valence-corrected chi connectivity index (χ4v) is 1.05. The zero-order valence-electron chi connectivity index (χ0n) is 9.22. The van der Waals surface area contributed by atoms with Gasteiger partial charge in [-0.25, -0.2) is 4.79 Å². The predicted octanol–water partition coefficient (Wildman–Crippen LogP) is 2.05. The van der Waals surface area contributed by atoms with Crippen LogP contribution >= 0.6 is 22.6 Å². The molecule has 0 saturated heterocycles. The molecule has 15 heavy (non-hydrogen) atoms. The van der Waals surface area contributed by atoms with E-state index in [4.69, 9.17) is 4.74 Å². The van der Waals surface area contributed by atoms with Crippen LogP contribution in [-0.2, 0) is 4.74 Å². The molecule has 0 rings (SSSR count). The van der Waals surface area contributed by atoms with Crippen molar-refractivity contribution in [1.29, 1.82) is 0 Å². The van der Waals surface area contributed by atoms with E-state index in [-0.39, 0.29) is 3.91 Å². The van der Waals surface area contributed by atoms with Gasteiger partial charge in [-0.15, -0.1) is 0 Å². The minimum Gasteiger partial charge on any atom is -0.444 e. The molecule has 5 nitrogen and oxygen atoms in total. The molecule has 2 N–H and O–H groups in total. The van der Waals surface area contributed by atoms with Gasteiger partial charge in [0.2, 0.25) is 0 Å². The van der Waals surface area contributed by atoms with Gasteiger partial charge in [0.25, 0.3) is 3.91 Å². The van der Waals surface area contributed by atoms with Crippen LogP contribution in [0.1, 0.15) is 27.2 Å². The molecule has 0 fully saturated rings. The molecule has 0 radical (unpaired) electrons. The van der Waals surface area contributed by atoms with Crippen molar-refractivity contribution in [2.24, 2.45) is 0 Å². The van der Waals surface area contributed by atoms with Crippen molar-refractivity contribution in [2.75, 3.05) is 13.1 Å². The van der Waals surface area contributed by atoms with Crippen molar-refractivity contribution in [3.63, 3.8) is 0 Å². The third-order valence-corrected chi connectivity index (χ3v) is 1.67. The van der Waals surface area contributed by atoms with E-state index in [0.29, 0.717) is 19.5 Å². The highest BCUT2D eigenvalue weighted by Crippen LogP contribution is 2.06. The summed E-state index contributed by atoms with van der Waals surface area (Å²) in [4.78, 5) is 21.6. The number of carbonyl (C=O) groups is 2. The number of rotatable bonds is 4. The van der Waals surface area contributed by atoms with E-state index in [0.717, 1.165) is 0 Å². The average Bonchev–Trinajstić information content (AvgIpc) is 1.99. The van der Waals surface area contributed by atoms with E-state index in [9.17, 15) is 9.59 Å². The van der Waals surface area contributed by atoms with Crippen molar-refractivity contribution in [1.82, 2.24) is 10.6 Å². The van der Waals surface area contributed by atoms with Gasteiger partial charge in [0.05, 0.1) is 0 Å². The topological polar surface area (TPSA) is 67.4 Å². The molecule has 0 heterocycles. The molecule has 0 bridgehead atoms. The molecule has 0 spiro atoms. The monoisotopic (exact) mass is 328 g/mol. The highest BCUT2D eigenvalue weighted by Gasteiger charge is 2.15. The lowest BCUT2D eigenvalue weighted by Gasteiger charge is -2.19. The molecule has 0 aromatic carbocycles. The van der Waals surface area contributed by atoms with Crippen molar-refractivity contribution < 1.29 is 14.3 Å². The molecule has 0 aliphatic rings. The van der Waals surface area contributed by atoms with Gasteiger partial charge < -0.3 is 15.4 Å². The summed E-state index contributed by atoms with van der Waals surface area (Å²) in [5, 5.41) is 5.22. The molecular weight excluding hydrogens is 311 g/mol. The number of ether oxygens (including phenoxy) is 1. The maximum absolute atomic E-state index is 11.1. The first-order valence-electron chi connectivity index (χ1n) is 4.71. The normalized spacial score (nSPS) is 10.7. The highest BCUT2D eigenvalue weighted by atomic mass is 127. The maximum atomic E-state index is 11.1. The summed E-state index contributed by atoms with van der Waals surface area (Å²) in [5.74, 6) is 0. The lowest BCUT2D eigenvalue weighted by atomic mass is 10.2. The van der Waals surface area contributed by atoms with Crippen LogP contribution in [-0.4, -0.2) is 28.7 Å². The lowest BCUT2D eigenvalue weighted by molar-refractivity contribution is 0.0527. The Hall–Kier alpha value is -0.530. The van der Waals surface area contributed by atoms with Gasteiger partial charge in [0, 0.05) is 35.7 Å². The van der Waals surface area contributed by atoms with Gasteiger partial charge >= 0.3 is 6.09 Å². The van der Waals surface area contributed by atoms with Crippen LogP contribution in [0.25, 0.3) is 0 Å². The second-order valence-corrected chi connectivity index (χ2v) is 4.96. The van der Waals surface area contributed by atoms with Crippen molar-refractivity contribution >= 4 is 32.6 Å². The Kier molecular flexibility index (Phi) is 6.62. The SMILES string of the molecule is CC(C)(C)OC(=O)NCCCNC(=O)I. The third-order valence-electron chi connectivity index (χ3n) is 1.29. The van der Waals surface area contributed by atoms with Crippen LogP contribution in [0.15, 0.2) is 0 Å². The predicted molar refractivity (Wildman–Crippen MR) is 66.3 cm³/mol. The Morgan fingerprint density at radius 1 is 1.20 bits per heavy atom. The van der Waals surface area contributed by atoms with Crippen LogP contribution in [0.4, 0.5) is 9.59 Å². The smallest absolute Gasteiger partial charge is 0.407 e. The summed E-state index contributed by atoms with van der Waals surface area (Å²) in [6, 6.07) is 0. The maximum Gasteiger partial charge on any atom is 0.407 e. The Labute approximate surface area is 103 Å². The first-order chi connectivity index (χ1) is 6.81. The molecule has 0 aromatic rings. The Balaban J connectivity index is 3.44. The van der Waals surface area contributed by atoms with Gasteiger partial charge in [0.1, 0.15) is 5.60 Å². The fraction of sp³-hybridized carbons (Fsp3) is 0.778. The third kappa shape index (κ3) is 11.4. The molecule has 0 aromatic heterocycles. The first kappa shape index (κ1) is 14.5. The minimum absolute atomic E-state index is 0.0927. The molecular formula is C9H17IN2O3. The van der Waals surface area contributed by atoms with Gasteiger partial charge in [0.15, 0.2) is 0 Å². The summed E-state index contributed by atoms with van der Waals surface area (Å²) in [5.41, 5.74) is -0.472. The number of carbonyl (C=O) groups excluding carboxylic acids is 2. The standard InChI is InChI=1S/C9H17IN2O3/c1-9(2,3)15-8(14)12-6-4-5-11-7(10)13/h4-6H2,1-3H3,(H,11,13)(H,12,14). The van der Waals surface area contributed by atoms with Gasteiger partial charge in [-0.1, -0.05) is 0 Å². The lowest BCUT2D eigenvalue weighted by Crippen LogP contribution is -2.34. The average molecular weight is 328 g/mol.